The molecule has 4 aromatic rings. The molecule has 0 spiro atoms. The molecule has 0 fully saturated rings. The number of aromatic amines is 2. The van der Waals surface area contributed by atoms with E-state index in [2.05, 4.69) is 20.4 Å². The fourth-order valence-corrected chi connectivity index (χ4v) is 2.57. The topological polar surface area (TPSA) is 74.4 Å². The van der Waals surface area contributed by atoms with Crippen LogP contribution in [0.3, 0.4) is 0 Å². The van der Waals surface area contributed by atoms with Gasteiger partial charge in [0.2, 0.25) is 0 Å². The van der Waals surface area contributed by atoms with E-state index >= 15 is 0 Å². The summed E-state index contributed by atoms with van der Waals surface area (Å²) in [7, 11) is 0. The molecular weight excluding hydrogens is 312 g/mol. The fourth-order valence-electron chi connectivity index (χ4n) is 2.57. The molecule has 0 atom stereocenters. The highest BCUT2D eigenvalue weighted by molar-refractivity contribution is 6.12. The van der Waals surface area contributed by atoms with Gasteiger partial charge in [-0.1, -0.05) is 48.5 Å². The number of nitrogens with one attached hydrogen (secondary N) is 2. The van der Waals surface area contributed by atoms with Crippen molar-refractivity contribution in [1.82, 2.24) is 20.4 Å². The van der Waals surface area contributed by atoms with Crippen LogP contribution in [0.25, 0.3) is 0 Å². The monoisotopic (exact) mass is 330 g/mol. The van der Waals surface area contributed by atoms with Gasteiger partial charge in [0.05, 0.1) is 0 Å². The second-order valence-corrected chi connectivity index (χ2v) is 5.35. The number of fused-ring (bicyclic) bond motifs is 2. The van der Waals surface area contributed by atoms with Gasteiger partial charge in [0, 0.05) is 35.9 Å². The SMILES string of the molecule is O=C1c2ccccc2Cc2ccccc21.c1cn[nH]c1.c1cn[nH]c1. The van der Waals surface area contributed by atoms with Crippen molar-refractivity contribution in [3.8, 4) is 0 Å². The number of aromatic nitrogens is 4. The second kappa shape index (κ2) is 8.40. The van der Waals surface area contributed by atoms with Crippen molar-refractivity contribution < 1.29 is 4.79 Å². The van der Waals surface area contributed by atoms with Crippen molar-refractivity contribution in [2.75, 3.05) is 0 Å². The summed E-state index contributed by atoms with van der Waals surface area (Å²) >= 11 is 0. The third-order valence-electron chi connectivity index (χ3n) is 3.72. The van der Waals surface area contributed by atoms with E-state index in [0.29, 0.717) is 0 Å². The highest BCUT2D eigenvalue weighted by atomic mass is 16.1. The molecule has 1 aliphatic carbocycles. The number of carbonyl (C=O) groups is 1. The van der Waals surface area contributed by atoms with Crippen LogP contribution in [-0.4, -0.2) is 26.2 Å². The first-order valence-corrected chi connectivity index (χ1v) is 7.94. The predicted octanol–water partition coefficient (Wildman–Crippen LogP) is 3.64. The zero-order chi connectivity index (χ0) is 17.3. The Morgan fingerprint density at radius 2 is 1.16 bits per heavy atom. The summed E-state index contributed by atoms with van der Waals surface area (Å²) in [6, 6.07) is 19.4. The summed E-state index contributed by atoms with van der Waals surface area (Å²) < 4.78 is 0. The second-order valence-electron chi connectivity index (χ2n) is 5.35. The first-order chi connectivity index (χ1) is 12.4. The van der Waals surface area contributed by atoms with Crippen LogP contribution >= 0.6 is 0 Å². The van der Waals surface area contributed by atoms with Crippen LogP contribution in [0.1, 0.15) is 27.0 Å². The molecule has 1 aliphatic rings. The van der Waals surface area contributed by atoms with E-state index in [1.807, 2.05) is 60.7 Å². The third kappa shape index (κ3) is 4.29. The molecule has 5 rings (SSSR count). The molecule has 2 aromatic heterocycles. The van der Waals surface area contributed by atoms with E-state index in [1.54, 1.807) is 24.8 Å². The number of rotatable bonds is 0. The minimum Gasteiger partial charge on any atom is -0.289 e. The molecule has 25 heavy (non-hydrogen) atoms. The van der Waals surface area contributed by atoms with Crippen molar-refractivity contribution in [3.63, 3.8) is 0 Å². The molecule has 0 amide bonds. The van der Waals surface area contributed by atoms with Crippen LogP contribution in [-0.2, 0) is 6.42 Å². The Balaban J connectivity index is 0.000000148. The van der Waals surface area contributed by atoms with Gasteiger partial charge in [0.25, 0.3) is 0 Å². The van der Waals surface area contributed by atoms with Gasteiger partial charge < -0.3 is 0 Å². The Labute approximate surface area is 145 Å². The van der Waals surface area contributed by atoms with E-state index in [0.717, 1.165) is 28.7 Å². The zero-order valence-corrected chi connectivity index (χ0v) is 13.6. The van der Waals surface area contributed by atoms with Gasteiger partial charge in [0.15, 0.2) is 5.78 Å². The number of nitrogens with zero attached hydrogens (tertiary/aromatic N) is 2. The lowest BCUT2D eigenvalue weighted by Gasteiger charge is -2.17. The maximum Gasteiger partial charge on any atom is 0.193 e. The Bertz CT molecular complexity index is 791. The number of hydrogen-bond acceptors (Lipinski definition) is 3. The predicted molar refractivity (Wildman–Crippen MR) is 96.3 cm³/mol. The Morgan fingerprint density at radius 1 is 0.680 bits per heavy atom. The molecule has 2 aromatic carbocycles. The standard InChI is InChI=1S/C14H10O.2C3H4N2/c15-14-12-7-3-1-5-10(12)9-11-6-2-4-8-13(11)14;2*1-2-4-5-3-1/h1-8H,9H2;2*1-3H,(H,4,5). The molecule has 2 heterocycles. The van der Waals surface area contributed by atoms with Gasteiger partial charge in [-0.05, 0) is 29.7 Å². The minimum absolute atomic E-state index is 0.160. The Morgan fingerprint density at radius 3 is 1.52 bits per heavy atom. The highest BCUT2D eigenvalue weighted by Crippen LogP contribution is 2.26. The molecule has 0 saturated carbocycles. The van der Waals surface area contributed by atoms with Crippen LogP contribution in [0.15, 0.2) is 85.5 Å². The zero-order valence-electron chi connectivity index (χ0n) is 13.6. The van der Waals surface area contributed by atoms with Crippen molar-refractivity contribution in [3.05, 3.63) is 108 Å². The van der Waals surface area contributed by atoms with Gasteiger partial charge in [-0.2, -0.15) is 10.2 Å². The van der Waals surface area contributed by atoms with Crippen molar-refractivity contribution >= 4 is 5.78 Å². The lowest BCUT2D eigenvalue weighted by Crippen LogP contribution is -2.14. The fraction of sp³-hybridized carbons (Fsp3) is 0.0500. The Kier molecular flexibility index (Phi) is 5.51. The first kappa shape index (κ1) is 16.4. The average Bonchev–Trinajstić information content (AvgIpc) is 3.40. The normalized spacial score (nSPS) is 11.1. The van der Waals surface area contributed by atoms with Gasteiger partial charge in [-0.3, -0.25) is 15.0 Å². The smallest absolute Gasteiger partial charge is 0.193 e. The highest BCUT2D eigenvalue weighted by Gasteiger charge is 2.21. The van der Waals surface area contributed by atoms with E-state index in [4.69, 9.17) is 0 Å². The van der Waals surface area contributed by atoms with E-state index in [9.17, 15) is 4.79 Å². The first-order valence-electron chi connectivity index (χ1n) is 7.94. The number of ketones is 1. The number of H-pyrrole nitrogens is 2. The van der Waals surface area contributed by atoms with Crippen molar-refractivity contribution in [1.29, 1.82) is 0 Å². The summed E-state index contributed by atoms with van der Waals surface area (Å²) in [5.74, 6) is 0.160. The van der Waals surface area contributed by atoms with E-state index in [-0.39, 0.29) is 5.78 Å². The van der Waals surface area contributed by atoms with Crippen LogP contribution in [0.5, 0.6) is 0 Å². The van der Waals surface area contributed by atoms with Crippen LogP contribution in [0, 0.1) is 0 Å². The van der Waals surface area contributed by atoms with Gasteiger partial charge >= 0.3 is 0 Å². The maximum atomic E-state index is 12.1. The molecule has 0 unspecified atom stereocenters. The lowest BCUT2D eigenvalue weighted by molar-refractivity contribution is 0.103. The maximum absolute atomic E-state index is 12.1. The molecule has 0 aliphatic heterocycles. The number of hydrogen-bond donors (Lipinski definition) is 2. The molecule has 0 saturated heterocycles. The molecule has 2 N–H and O–H groups in total. The molecule has 5 heteroatoms. The quantitative estimate of drug-likeness (QED) is 0.455. The Hall–Kier alpha value is -3.47. The molecule has 0 radical (unpaired) electrons. The van der Waals surface area contributed by atoms with Gasteiger partial charge in [-0.25, -0.2) is 0 Å². The van der Waals surface area contributed by atoms with Crippen LogP contribution < -0.4 is 0 Å². The van der Waals surface area contributed by atoms with E-state index in [1.165, 1.54) is 0 Å². The summed E-state index contributed by atoms with van der Waals surface area (Å²) in [4.78, 5) is 12.1. The summed E-state index contributed by atoms with van der Waals surface area (Å²) in [6.45, 7) is 0. The summed E-state index contributed by atoms with van der Waals surface area (Å²) in [6.07, 6.45) is 7.79. The lowest BCUT2D eigenvalue weighted by atomic mass is 9.85. The minimum atomic E-state index is 0.160. The van der Waals surface area contributed by atoms with Crippen LogP contribution in [0.4, 0.5) is 0 Å². The number of benzene rings is 2. The third-order valence-corrected chi connectivity index (χ3v) is 3.72. The van der Waals surface area contributed by atoms with Crippen molar-refractivity contribution in [2.45, 2.75) is 6.42 Å². The largest absolute Gasteiger partial charge is 0.289 e. The molecule has 0 bridgehead atoms. The van der Waals surface area contributed by atoms with Gasteiger partial charge in [0.1, 0.15) is 0 Å². The average molecular weight is 330 g/mol. The summed E-state index contributed by atoms with van der Waals surface area (Å²) in [5.41, 5.74) is 4.00. The molecular formula is C20H18N4O. The van der Waals surface area contributed by atoms with Gasteiger partial charge in [-0.15, -0.1) is 0 Å². The van der Waals surface area contributed by atoms with Crippen LogP contribution in [0.2, 0.25) is 0 Å². The van der Waals surface area contributed by atoms with Crippen molar-refractivity contribution in [2.24, 2.45) is 0 Å². The molecule has 124 valence electrons. The number of carbonyl (C=O) groups excluding carboxylic acids is 1. The van der Waals surface area contributed by atoms with E-state index < -0.39 is 0 Å². The summed E-state index contributed by atoms with van der Waals surface area (Å²) in [5, 5.41) is 12.4. The molecule has 5 nitrogen and oxygen atoms in total.